The number of carbonyl (C=O) groups excluding carboxylic acids is 2. The molecule has 2 N–H and O–H groups in total. The zero-order valence-corrected chi connectivity index (χ0v) is 13.3. The van der Waals surface area contributed by atoms with Crippen LogP contribution in [-0.4, -0.2) is 39.2 Å². The van der Waals surface area contributed by atoms with Gasteiger partial charge in [0.15, 0.2) is 0 Å². The Kier molecular flexibility index (Phi) is 5.63. The van der Waals surface area contributed by atoms with Gasteiger partial charge in [-0.25, -0.2) is 0 Å². The first-order chi connectivity index (χ1) is 10.6. The van der Waals surface area contributed by atoms with Crippen LogP contribution in [-0.2, 0) is 14.3 Å². The van der Waals surface area contributed by atoms with E-state index in [1.54, 1.807) is 25.3 Å². The lowest BCUT2D eigenvalue weighted by molar-refractivity contribution is -0.125. The molecule has 1 aromatic carbocycles. The highest BCUT2D eigenvalue weighted by Gasteiger charge is 2.47. The molecular weight excluding hydrogens is 308 g/mol. The quantitative estimate of drug-likeness (QED) is 0.748. The predicted octanol–water partition coefficient (Wildman–Crippen LogP) is 1.69. The molecule has 1 fully saturated rings. The van der Waals surface area contributed by atoms with Gasteiger partial charge in [0.25, 0.3) is 0 Å². The predicted molar refractivity (Wildman–Crippen MR) is 83.1 cm³/mol. The minimum Gasteiger partial charge on any atom is -0.495 e. The molecule has 2 amide bonds. The first-order valence-electron chi connectivity index (χ1n) is 6.98. The molecule has 2 rings (SSSR count). The number of methoxy groups -OCH3 is 2. The van der Waals surface area contributed by atoms with Crippen LogP contribution in [0.4, 0.5) is 5.69 Å². The smallest absolute Gasteiger partial charge is 0.228 e. The summed E-state index contributed by atoms with van der Waals surface area (Å²) < 4.78 is 9.91. The van der Waals surface area contributed by atoms with Crippen molar-refractivity contribution >= 4 is 29.1 Å². The summed E-state index contributed by atoms with van der Waals surface area (Å²) in [6, 6.07) is 5.01. The summed E-state index contributed by atoms with van der Waals surface area (Å²) in [5.41, 5.74) is 0.584. The van der Waals surface area contributed by atoms with Crippen molar-refractivity contribution in [1.29, 1.82) is 0 Å². The molecule has 22 heavy (non-hydrogen) atoms. The summed E-state index contributed by atoms with van der Waals surface area (Å²) in [6.45, 7) is 0.911. The lowest BCUT2D eigenvalue weighted by Crippen LogP contribution is -2.30. The van der Waals surface area contributed by atoms with Crippen LogP contribution < -0.4 is 15.4 Å². The average molecular weight is 327 g/mol. The standard InChI is InChI=1S/C15H19ClN2O4/c1-21-6-5-17-14(19)10-8-11(10)15(20)18-9-3-4-13(22-2)12(16)7-9/h3-4,7,10-11H,5-6,8H2,1-2H3,(H,17,19)(H,18,20). The summed E-state index contributed by atoms with van der Waals surface area (Å²) in [4.78, 5) is 23.9. The van der Waals surface area contributed by atoms with Gasteiger partial charge in [0.2, 0.25) is 11.8 Å². The molecule has 7 heteroatoms. The third-order valence-corrected chi connectivity index (χ3v) is 3.78. The number of hydrogen-bond acceptors (Lipinski definition) is 4. The molecule has 6 nitrogen and oxygen atoms in total. The SMILES string of the molecule is COCCNC(=O)C1CC1C(=O)Nc1ccc(OC)c(Cl)c1. The highest BCUT2D eigenvalue weighted by atomic mass is 35.5. The molecule has 2 unspecified atom stereocenters. The molecule has 0 aliphatic heterocycles. The second kappa shape index (κ2) is 7.47. The normalized spacial score (nSPS) is 19.4. The van der Waals surface area contributed by atoms with E-state index in [4.69, 9.17) is 21.1 Å². The van der Waals surface area contributed by atoms with Gasteiger partial charge in [-0.2, -0.15) is 0 Å². The summed E-state index contributed by atoms with van der Waals surface area (Å²) in [5, 5.41) is 5.92. The van der Waals surface area contributed by atoms with Crippen molar-refractivity contribution in [3.63, 3.8) is 0 Å². The third-order valence-electron chi connectivity index (χ3n) is 3.49. The third kappa shape index (κ3) is 4.11. The number of rotatable bonds is 7. The molecule has 120 valence electrons. The Morgan fingerprint density at radius 3 is 2.64 bits per heavy atom. The van der Waals surface area contributed by atoms with Gasteiger partial charge >= 0.3 is 0 Å². The molecule has 0 aromatic heterocycles. The van der Waals surface area contributed by atoms with Gasteiger partial charge in [-0.3, -0.25) is 9.59 Å². The second-order valence-corrected chi connectivity index (χ2v) is 5.48. The number of carbonyl (C=O) groups is 2. The summed E-state index contributed by atoms with van der Waals surface area (Å²) in [5.74, 6) is -0.284. The van der Waals surface area contributed by atoms with Gasteiger partial charge in [0.1, 0.15) is 5.75 Å². The van der Waals surface area contributed by atoms with Crippen molar-refractivity contribution in [3.05, 3.63) is 23.2 Å². The zero-order valence-electron chi connectivity index (χ0n) is 12.5. The Hall–Kier alpha value is -1.79. The molecular formula is C15H19ClN2O4. The van der Waals surface area contributed by atoms with E-state index in [0.717, 1.165) is 0 Å². The molecule has 2 atom stereocenters. The van der Waals surface area contributed by atoms with Crippen LogP contribution in [0.15, 0.2) is 18.2 Å². The van der Waals surface area contributed by atoms with Crippen molar-refractivity contribution in [2.75, 3.05) is 32.7 Å². The number of nitrogens with one attached hydrogen (secondary N) is 2. The number of hydrogen-bond donors (Lipinski definition) is 2. The summed E-state index contributed by atoms with van der Waals surface area (Å²) in [7, 11) is 3.09. The Labute approximate surface area is 134 Å². The first kappa shape index (κ1) is 16.6. The lowest BCUT2D eigenvalue weighted by atomic mass is 10.2. The number of ether oxygens (including phenoxy) is 2. The lowest BCUT2D eigenvalue weighted by Gasteiger charge is -2.08. The van der Waals surface area contributed by atoms with Crippen LogP contribution in [0, 0.1) is 11.8 Å². The number of halogens is 1. The monoisotopic (exact) mass is 326 g/mol. The van der Waals surface area contributed by atoms with Crippen LogP contribution >= 0.6 is 11.6 Å². The van der Waals surface area contributed by atoms with Crippen LogP contribution in [0.1, 0.15) is 6.42 Å². The first-order valence-corrected chi connectivity index (χ1v) is 7.35. The van der Waals surface area contributed by atoms with Gasteiger partial charge in [0, 0.05) is 19.3 Å². The van der Waals surface area contributed by atoms with Gasteiger partial charge in [-0.1, -0.05) is 11.6 Å². The molecule has 1 aliphatic rings. The fourth-order valence-corrected chi connectivity index (χ4v) is 2.42. The van der Waals surface area contributed by atoms with Crippen molar-refractivity contribution in [2.24, 2.45) is 11.8 Å². The van der Waals surface area contributed by atoms with Crippen molar-refractivity contribution in [3.8, 4) is 5.75 Å². The molecule has 1 aromatic rings. The van der Waals surface area contributed by atoms with Crippen LogP contribution in [0.2, 0.25) is 5.02 Å². The maximum atomic E-state index is 12.1. The highest BCUT2D eigenvalue weighted by molar-refractivity contribution is 6.32. The molecule has 0 bridgehead atoms. The maximum absolute atomic E-state index is 12.1. The Bertz CT molecular complexity index is 564. The van der Waals surface area contributed by atoms with Gasteiger partial charge < -0.3 is 20.1 Å². The van der Waals surface area contributed by atoms with Crippen LogP contribution in [0.5, 0.6) is 5.75 Å². The maximum Gasteiger partial charge on any atom is 0.228 e. The van der Waals surface area contributed by atoms with Crippen molar-refractivity contribution < 1.29 is 19.1 Å². The van der Waals surface area contributed by atoms with E-state index in [2.05, 4.69) is 10.6 Å². The van der Waals surface area contributed by atoms with Crippen molar-refractivity contribution in [1.82, 2.24) is 5.32 Å². The Morgan fingerprint density at radius 2 is 2.00 bits per heavy atom. The number of anilines is 1. The molecule has 0 heterocycles. The molecule has 1 aliphatic carbocycles. The van der Waals surface area contributed by atoms with E-state index in [0.29, 0.717) is 36.0 Å². The largest absolute Gasteiger partial charge is 0.495 e. The number of amides is 2. The van der Waals surface area contributed by atoms with E-state index >= 15 is 0 Å². The van der Waals surface area contributed by atoms with E-state index < -0.39 is 0 Å². The highest BCUT2D eigenvalue weighted by Crippen LogP contribution is 2.39. The average Bonchev–Trinajstić information content (AvgIpc) is 3.28. The minimum absolute atomic E-state index is 0.107. The van der Waals surface area contributed by atoms with E-state index in [9.17, 15) is 9.59 Å². The van der Waals surface area contributed by atoms with Crippen LogP contribution in [0.3, 0.4) is 0 Å². The van der Waals surface area contributed by atoms with E-state index in [1.165, 1.54) is 7.11 Å². The summed E-state index contributed by atoms with van der Waals surface area (Å²) >= 11 is 6.01. The van der Waals surface area contributed by atoms with E-state index in [1.807, 2.05) is 0 Å². The zero-order chi connectivity index (χ0) is 16.1. The summed E-state index contributed by atoms with van der Waals surface area (Å²) in [6.07, 6.45) is 0.564. The fourth-order valence-electron chi connectivity index (χ4n) is 2.16. The Balaban J connectivity index is 1.84. The second-order valence-electron chi connectivity index (χ2n) is 5.07. The molecule has 0 saturated heterocycles. The molecule has 0 spiro atoms. The minimum atomic E-state index is -0.288. The topological polar surface area (TPSA) is 76.7 Å². The fraction of sp³-hybridized carbons (Fsp3) is 0.467. The van der Waals surface area contributed by atoms with Gasteiger partial charge in [-0.05, 0) is 24.6 Å². The van der Waals surface area contributed by atoms with Gasteiger partial charge in [0.05, 0.1) is 30.6 Å². The van der Waals surface area contributed by atoms with Crippen molar-refractivity contribution in [2.45, 2.75) is 6.42 Å². The van der Waals surface area contributed by atoms with Gasteiger partial charge in [-0.15, -0.1) is 0 Å². The number of benzene rings is 1. The molecule has 0 radical (unpaired) electrons. The van der Waals surface area contributed by atoms with E-state index in [-0.39, 0.29) is 23.7 Å². The van der Waals surface area contributed by atoms with Crippen LogP contribution in [0.25, 0.3) is 0 Å². The Morgan fingerprint density at radius 1 is 1.27 bits per heavy atom. The molecule has 1 saturated carbocycles.